The molecule has 0 aliphatic carbocycles. The van der Waals surface area contributed by atoms with Gasteiger partial charge in [0.25, 0.3) is 0 Å². The van der Waals surface area contributed by atoms with E-state index >= 15 is 0 Å². The van der Waals surface area contributed by atoms with Crippen molar-refractivity contribution in [3.63, 3.8) is 0 Å². The van der Waals surface area contributed by atoms with Gasteiger partial charge in [0.15, 0.2) is 0 Å². The number of unbranched alkanes of at least 4 members (excludes halogenated alkanes) is 1. The number of fused-ring (bicyclic) bond motifs is 2. The number of hydrogen-bond acceptors (Lipinski definition) is 5. The van der Waals surface area contributed by atoms with Gasteiger partial charge in [0, 0.05) is 35.6 Å². The SMILES string of the molecule is CCOC(=O)/C=C/CNCCCCN1c2ccc(OCc3ccccc3)cc2CCc2ccc(Cl)cc21. The van der Waals surface area contributed by atoms with Crippen molar-refractivity contribution in [1.29, 1.82) is 0 Å². The number of benzene rings is 3. The summed E-state index contributed by atoms with van der Waals surface area (Å²) in [6, 6.07) is 22.9. The molecule has 4 rings (SSSR count). The van der Waals surface area contributed by atoms with Crippen LogP contribution in [0.5, 0.6) is 5.75 Å². The van der Waals surface area contributed by atoms with Crippen LogP contribution in [0.25, 0.3) is 0 Å². The van der Waals surface area contributed by atoms with Gasteiger partial charge in [-0.2, -0.15) is 0 Å². The minimum Gasteiger partial charge on any atom is -0.489 e. The van der Waals surface area contributed by atoms with Crippen LogP contribution >= 0.6 is 11.6 Å². The van der Waals surface area contributed by atoms with Crippen LogP contribution in [0.4, 0.5) is 11.4 Å². The summed E-state index contributed by atoms with van der Waals surface area (Å²) in [7, 11) is 0. The first kappa shape index (κ1) is 26.8. The van der Waals surface area contributed by atoms with E-state index < -0.39 is 0 Å². The maximum Gasteiger partial charge on any atom is 0.330 e. The fraction of sp³-hybridized carbons (Fsp3) is 0.323. The number of ether oxygens (including phenoxy) is 2. The van der Waals surface area contributed by atoms with Crippen molar-refractivity contribution in [2.75, 3.05) is 31.1 Å². The summed E-state index contributed by atoms with van der Waals surface area (Å²) in [5, 5.41) is 4.12. The Hall–Kier alpha value is -3.28. The number of nitrogens with one attached hydrogen (secondary N) is 1. The molecule has 0 bridgehead atoms. The van der Waals surface area contributed by atoms with Crippen LogP contribution in [0.3, 0.4) is 0 Å². The van der Waals surface area contributed by atoms with Gasteiger partial charge >= 0.3 is 5.97 Å². The lowest BCUT2D eigenvalue weighted by Gasteiger charge is -2.27. The second-order valence-corrected chi connectivity index (χ2v) is 9.49. The smallest absolute Gasteiger partial charge is 0.330 e. The van der Waals surface area contributed by atoms with Crippen LogP contribution in [0, 0.1) is 0 Å². The lowest BCUT2D eigenvalue weighted by atomic mass is 10.0. The van der Waals surface area contributed by atoms with Gasteiger partial charge in [0.1, 0.15) is 12.4 Å². The topological polar surface area (TPSA) is 50.8 Å². The Labute approximate surface area is 225 Å². The summed E-state index contributed by atoms with van der Waals surface area (Å²) < 4.78 is 11.0. The quantitative estimate of drug-likeness (QED) is 0.165. The Morgan fingerprint density at radius 2 is 1.84 bits per heavy atom. The van der Waals surface area contributed by atoms with Gasteiger partial charge in [0.05, 0.1) is 6.61 Å². The van der Waals surface area contributed by atoms with Crippen LogP contribution in [0.1, 0.15) is 36.5 Å². The van der Waals surface area contributed by atoms with E-state index in [9.17, 15) is 4.79 Å². The first-order valence-electron chi connectivity index (χ1n) is 13.0. The van der Waals surface area contributed by atoms with E-state index in [4.69, 9.17) is 21.1 Å². The predicted molar refractivity (Wildman–Crippen MR) is 151 cm³/mol. The Morgan fingerprint density at radius 3 is 2.68 bits per heavy atom. The van der Waals surface area contributed by atoms with Crippen molar-refractivity contribution in [2.24, 2.45) is 0 Å². The van der Waals surface area contributed by atoms with Crippen LogP contribution in [-0.2, 0) is 29.0 Å². The van der Waals surface area contributed by atoms with Gasteiger partial charge in [-0.25, -0.2) is 4.79 Å². The number of nitrogens with zero attached hydrogens (tertiary/aromatic N) is 1. The van der Waals surface area contributed by atoms with E-state index in [1.54, 1.807) is 13.0 Å². The molecule has 0 radical (unpaired) electrons. The maximum absolute atomic E-state index is 11.4. The molecule has 1 N–H and O–H groups in total. The first-order valence-corrected chi connectivity index (χ1v) is 13.4. The number of esters is 1. The van der Waals surface area contributed by atoms with Gasteiger partial charge in [-0.15, -0.1) is 0 Å². The Bertz CT molecular complexity index is 1200. The number of aryl methyl sites for hydroxylation is 2. The van der Waals surface area contributed by atoms with E-state index in [1.165, 1.54) is 28.6 Å². The number of anilines is 2. The molecule has 0 fully saturated rings. The maximum atomic E-state index is 11.4. The minimum atomic E-state index is -0.296. The van der Waals surface area contributed by atoms with Crippen molar-refractivity contribution in [3.05, 3.63) is 101 Å². The van der Waals surface area contributed by atoms with Crippen molar-refractivity contribution >= 4 is 28.9 Å². The number of carbonyl (C=O) groups excluding carboxylic acids is 1. The summed E-state index contributed by atoms with van der Waals surface area (Å²) >= 11 is 6.43. The molecule has 3 aromatic carbocycles. The summed E-state index contributed by atoms with van der Waals surface area (Å²) in [5.74, 6) is 0.599. The molecular formula is C31H35ClN2O3. The average Bonchev–Trinajstić information content (AvgIpc) is 3.06. The fourth-order valence-corrected chi connectivity index (χ4v) is 4.71. The Kier molecular flexibility index (Phi) is 10.0. The highest BCUT2D eigenvalue weighted by Gasteiger charge is 2.21. The molecule has 1 heterocycles. The van der Waals surface area contributed by atoms with Crippen molar-refractivity contribution < 1.29 is 14.3 Å². The highest BCUT2D eigenvalue weighted by Crippen LogP contribution is 2.39. The molecule has 0 saturated carbocycles. The first-order chi connectivity index (χ1) is 18.1. The number of carbonyl (C=O) groups is 1. The Morgan fingerprint density at radius 1 is 1.00 bits per heavy atom. The fourth-order valence-electron chi connectivity index (χ4n) is 4.55. The third-order valence-electron chi connectivity index (χ3n) is 6.38. The standard InChI is InChI=1S/C31H35ClN2O3/c1-2-36-31(35)11-8-19-33-18-6-7-20-34-29-17-16-28(37-23-24-9-4-3-5-10-24)21-26(29)13-12-25-14-15-27(32)22-30(25)34/h3-5,8-11,14-17,21-22,33H,2,6-7,12-13,18-20,23H2,1H3/b11-8+. The molecular weight excluding hydrogens is 484 g/mol. The molecule has 6 heteroatoms. The molecule has 194 valence electrons. The number of rotatable bonds is 12. The predicted octanol–water partition coefficient (Wildman–Crippen LogP) is 6.64. The molecule has 0 unspecified atom stereocenters. The molecule has 0 amide bonds. The summed E-state index contributed by atoms with van der Waals surface area (Å²) in [6.07, 6.45) is 7.24. The molecule has 3 aromatic rings. The van der Waals surface area contributed by atoms with Gasteiger partial charge in [-0.1, -0.05) is 54.1 Å². The highest BCUT2D eigenvalue weighted by molar-refractivity contribution is 6.30. The lowest BCUT2D eigenvalue weighted by Crippen LogP contribution is -2.22. The van der Waals surface area contributed by atoms with E-state index in [1.807, 2.05) is 24.3 Å². The lowest BCUT2D eigenvalue weighted by molar-refractivity contribution is -0.137. The zero-order valence-corrected chi connectivity index (χ0v) is 22.2. The summed E-state index contributed by atoms with van der Waals surface area (Å²) in [5.41, 5.74) is 6.17. The van der Waals surface area contributed by atoms with Crippen LogP contribution < -0.4 is 15.0 Å². The zero-order valence-electron chi connectivity index (χ0n) is 21.4. The molecule has 5 nitrogen and oxygen atoms in total. The number of halogens is 1. The highest BCUT2D eigenvalue weighted by atomic mass is 35.5. The molecule has 1 aliphatic rings. The van der Waals surface area contributed by atoms with Gasteiger partial charge in [0.2, 0.25) is 0 Å². The summed E-state index contributed by atoms with van der Waals surface area (Å²) in [4.78, 5) is 13.8. The molecule has 1 aliphatic heterocycles. The van der Waals surface area contributed by atoms with Gasteiger partial charge < -0.3 is 19.7 Å². The molecule has 0 saturated heterocycles. The third-order valence-corrected chi connectivity index (χ3v) is 6.61. The van der Waals surface area contributed by atoms with Crippen LogP contribution in [-0.4, -0.2) is 32.2 Å². The van der Waals surface area contributed by atoms with Crippen molar-refractivity contribution in [3.8, 4) is 5.75 Å². The van der Waals surface area contributed by atoms with Crippen molar-refractivity contribution in [2.45, 2.75) is 39.2 Å². The largest absolute Gasteiger partial charge is 0.489 e. The van der Waals surface area contributed by atoms with E-state index in [-0.39, 0.29) is 5.97 Å². The second-order valence-electron chi connectivity index (χ2n) is 9.06. The Balaban J connectivity index is 1.39. The molecule has 0 spiro atoms. The van der Waals surface area contributed by atoms with E-state index in [0.717, 1.165) is 55.1 Å². The number of hydrogen-bond donors (Lipinski definition) is 1. The average molecular weight is 519 g/mol. The van der Waals surface area contributed by atoms with Crippen molar-refractivity contribution in [1.82, 2.24) is 5.32 Å². The molecule has 0 aromatic heterocycles. The van der Waals surface area contributed by atoms with Gasteiger partial charge in [-0.3, -0.25) is 0 Å². The van der Waals surface area contributed by atoms with Crippen LogP contribution in [0.15, 0.2) is 78.9 Å². The molecule has 37 heavy (non-hydrogen) atoms. The minimum absolute atomic E-state index is 0.296. The normalized spacial score (nSPS) is 12.6. The third kappa shape index (κ3) is 7.85. The van der Waals surface area contributed by atoms with E-state index in [2.05, 4.69) is 52.7 Å². The van der Waals surface area contributed by atoms with Gasteiger partial charge in [-0.05, 0) is 86.2 Å². The summed E-state index contributed by atoms with van der Waals surface area (Å²) in [6.45, 7) is 5.18. The zero-order chi connectivity index (χ0) is 25.9. The second kappa shape index (κ2) is 13.9. The monoisotopic (exact) mass is 518 g/mol. The molecule has 0 atom stereocenters. The van der Waals surface area contributed by atoms with Crippen LogP contribution in [0.2, 0.25) is 5.02 Å². The van der Waals surface area contributed by atoms with E-state index in [0.29, 0.717) is 19.8 Å².